The molecule has 258 valence electrons. The molecule has 0 aromatic heterocycles. The van der Waals surface area contributed by atoms with Gasteiger partial charge in [0, 0.05) is 37.8 Å². The number of carbonyl (C=O) groups is 2. The Bertz CT molecular complexity index is 1520. The van der Waals surface area contributed by atoms with Gasteiger partial charge in [-0.3, -0.25) is 14.5 Å². The summed E-state index contributed by atoms with van der Waals surface area (Å²) >= 11 is 0. The molecule has 2 aliphatic rings. The Labute approximate surface area is 283 Å². The molecule has 0 spiro atoms. The fraction of sp³-hybridized carbons (Fsp3) is 0.474. The molecule has 0 saturated carbocycles. The lowest BCUT2D eigenvalue weighted by atomic mass is 10.0. The number of benzene rings is 3. The maximum Gasteiger partial charge on any atom is 0.258 e. The van der Waals surface area contributed by atoms with Crippen molar-refractivity contribution in [1.82, 2.24) is 9.80 Å². The lowest BCUT2D eigenvalue weighted by Gasteiger charge is -2.36. The highest BCUT2D eigenvalue weighted by Gasteiger charge is 2.30. The number of ether oxygens (including phenoxy) is 4. The molecule has 10 heteroatoms. The molecule has 4 atom stereocenters. The largest absolute Gasteiger partial charge is 0.490 e. The van der Waals surface area contributed by atoms with Gasteiger partial charge in [0.2, 0.25) is 12.7 Å². The molecule has 48 heavy (non-hydrogen) atoms. The summed E-state index contributed by atoms with van der Waals surface area (Å²) < 4.78 is 23.9. The average Bonchev–Trinajstić information content (AvgIpc) is 3.54. The number of anilines is 1. The van der Waals surface area contributed by atoms with Crippen LogP contribution in [0.5, 0.6) is 17.2 Å². The number of carbonyl (C=O) groups excluding carboxylic acids is 2. The molecule has 0 radical (unpaired) electrons. The third-order valence-corrected chi connectivity index (χ3v) is 8.92. The lowest BCUT2D eigenvalue weighted by molar-refractivity contribution is -0.115. The van der Waals surface area contributed by atoms with Crippen LogP contribution in [-0.2, 0) is 22.5 Å². The number of aliphatic hydroxyl groups excluding tert-OH is 1. The molecule has 2 N–H and O–H groups in total. The number of fused-ring (bicyclic) bond motifs is 2. The summed E-state index contributed by atoms with van der Waals surface area (Å²) in [7, 11) is 2.06. The second-order valence-corrected chi connectivity index (χ2v) is 13.1. The maximum absolute atomic E-state index is 14.4. The van der Waals surface area contributed by atoms with Gasteiger partial charge in [0.1, 0.15) is 5.75 Å². The zero-order chi connectivity index (χ0) is 34.0. The normalized spacial score (nSPS) is 20.8. The van der Waals surface area contributed by atoms with Crippen LogP contribution in [0.1, 0.15) is 61.5 Å². The topological polar surface area (TPSA) is 110 Å². The highest BCUT2D eigenvalue weighted by Crippen LogP contribution is 2.33. The Morgan fingerprint density at radius 3 is 2.56 bits per heavy atom. The second-order valence-electron chi connectivity index (χ2n) is 13.1. The highest BCUT2D eigenvalue weighted by molar-refractivity contribution is 6.00. The average molecular weight is 660 g/mol. The van der Waals surface area contributed by atoms with Crippen molar-refractivity contribution in [3.05, 3.63) is 83.4 Å². The van der Waals surface area contributed by atoms with Crippen LogP contribution < -0.4 is 19.5 Å². The van der Waals surface area contributed by atoms with E-state index in [9.17, 15) is 14.7 Å². The first-order valence-corrected chi connectivity index (χ1v) is 16.9. The van der Waals surface area contributed by atoms with Gasteiger partial charge in [-0.1, -0.05) is 43.3 Å². The van der Waals surface area contributed by atoms with E-state index in [2.05, 4.69) is 24.2 Å². The van der Waals surface area contributed by atoms with Crippen LogP contribution in [0.25, 0.3) is 0 Å². The standard InChI is InChI=1S/C38H49N3O7/c1-26-21-41(27(2)24-42)38(44)32-20-31(39-37(43)19-29-11-6-5-7-12-29)14-16-33(32)48-28(3)10-8-9-17-45-36(26)23-40(4)22-30-13-15-34-35(18-30)47-25-46-34/h5-7,11-16,18,20,26-28,36,42H,8-10,17,19,21-25H2,1-4H3,(H,39,43)/t26-,27-,28-,36-/m1/s1. The van der Waals surface area contributed by atoms with Crippen LogP contribution >= 0.6 is 0 Å². The number of hydrogen-bond acceptors (Lipinski definition) is 8. The fourth-order valence-electron chi connectivity index (χ4n) is 6.17. The molecule has 0 aliphatic carbocycles. The molecule has 2 aliphatic heterocycles. The lowest BCUT2D eigenvalue weighted by Crippen LogP contribution is -2.47. The maximum atomic E-state index is 14.4. The van der Waals surface area contributed by atoms with Crippen molar-refractivity contribution < 1.29 is 33.6 Å². The molecule has 10 nitrogen and oxygen atoms in total. The zero-order valence-electron chi connectivity index (χ0n) is 28.5. The Kier molecular flexibility index (Phi) is 12.3. The summed E-state index contributed by atoms with van der Waals surface area (Å²) in [6, 6.07) is 20.3. The number of amides is 2. The van der Waals surface area contributed by atoms with Gasteiger partial charge in [0.15, 0.2) is 11.5 Å². The van der Waals surface area contributed by atoms with E-state index in [0.717, 1.165) is 41.9 Å². The van der Waals surface area contributed by atoms with E-state index in [0.29, 0.717) is 43.2 Å². The minimum absolute atomic E-state index is 0.0536. The van der Waals surface area contributed by atoms with E-state index in [1.165, 1.54) is 0 Å². The Hall–Kier alpha value is -4.12. The van der Waals surface area contributed by atoms with Crippen molar-refractivity contribution in [2.24, 2.45) is 5.92 Å². The van der Waals surface area contributed by atoms with E-state index in [-0.39, 0.29) is 49.8 Å². The zero-order valence-corrected chi connectivity index (χ0v) is 28.5. The number of aliphatic hydroxyl groups is 1. The van der Waals surface area contributed by atoms with E-state index in [1.54, 1.807) is 23.1 Å². The smallest absolute Gasteiger partial charge is 0.258 e. The van der Waals surface area contributed by atoms with E-state index < -0.39 is 6.04 Å². The molecule has 3 aromatic rings. The Morgan fingerprint density at radius 2 is 1.77 bits per heavy atom. The molecular formula is C38H49N3O7. The second kappa shape index (κ2) is 16.8. The molecular weight excluding hydrogens is 610 g/mol. The summed E-state index contributed by atoms with van der Waals surface area (Å²) in [5.41, 5.74) is 2.87. The molecule has 0 unspecified atom stereocenters. The quantitative estimate of drug-likeness (QED) is 0.309. The summed E-state index contributed by atoms with van der Waals surface area (Å²) in [6.07, 6.45) is 2.52. The molecule has 5 rings (SSSR count). The molecule has 2 heterocycles. The third kappa shape index (κ3) is 9.49. The minimum atomic E-state index is -0.457. The molecule has 3 aromatic carbocycles. The van der Waals surface area contributed by atoms with Gasteiger partial charge in [0.05, 0.1) is 36.8 Å². The highest BCUT2D eigenvalue weighted by atomic mass is 16.7. The minimum Gasteiger partial charge on any atom is -0.490 e. The van der Waals surface area contributed by atoms with E-state index >= 15 is 0 Å². The van der Waals surface area contributed by atoms with Crippen molar-refractivity contribution >= 4 is 17.5 Å². The van der Waals surface area contributed by atoms with Gasteiger partial charge in [-0.2, -0.15) is 0 Å². The first-order chi connectivity index (χ1) is 23.2. The van der Waals surface area contributed by atoms with Gasteiger partial charge in [-0.15, -0.1) is 0 Å². The van der Waals surface area contributed by atoms with Crippen LogP contribution in [0.2, 0.25) is 0 Å². The Morgan fingerprint density at radius 1 is 1.00 bits per heavy atom. The number of nitrogens with one attached hydrogen (secondary N) is 1. The SMILES string of the molecule is C[C@@H]1CCCCO[C@H](CN(C)Cc2ccc3c(c2)OCO3)[C@H](C)CN([C@H](C)CO)C(=O)c2cc(NC(=O)Cc3ccccc3)ccc2O1. The molecule has 2 amide bonds. The first-order valence-electron chi connectivity index (χ1n) is 16.9. The van der Waals surface area contributed by atoms with Crippen molar-refractivity contribution in [2.75, 3.05) is 45.5 Å². The summed E-state index contributed by atoms with van der Waals surface area (Å²) in [4.78, 5) is 31.2. The van der Waals surface area contributed by atoms with Gasteiger partial charge in [0.25, 0.3) is 5.91 Å². The number of hydrogen-bond donors (Lipinski definition) is 2. The fourth-order valence-corrected chi connectivity index (χ4v) is 6.17. The predicted molar refractivity (Wildman–Crippen MR) is 185 cm³/mol. The van der Waals surface area contributed by atoms with Crippen molar-refractivity contribution in [1.29, 1.82) is 0 Å². The van der Waals surface area contributed by atoms with Crippen molar-refractivity contribution in [3.63, 3.8) is 0 Å². The molecule has 0 fully saturated rings. The van der Waals surface area contributed by atoms with Crippen LogP contribution in [-0.4, -0.2) is 85.1 Å². The Balaban J connectivity index is 1.36. The van der Waals surface area contributed by atoms with Gasteiger partial charge in [-0.05, 0) is 81.6 Å². The summed E-state index contributed by atoms with van der Waals surface area (Å²) in [5, 5.41) is 13.2. The van der Waals surface area contributed by atoms with Crippen LogP contribution in [0.3, 0.4) is 0 Å². The van der Waals surface area contributed by atoms with Gasteiger partial charge < -0.3 is 34.3 Å². The van der Waals surface area contributed by atoms with E-state index in [1.807, 2.05) is 62.4 Å². The first kappa shape index (κ1) is 35.2. The number of rotatable bonds is 9. The summed E-state index contributed by atoms with van der Waals surface area (Å²) in [5.74, 6) is 1.48. The summed E-state index contributed by atoms with van der Waals surface area (Å²) in [6.45, 7) is 8.28. The number of likely N-dealkylation sites (N-methyl/N-ethyl adjacent to an activating group) is 1. The monoisotopic (exact) mass is 659 g/mol. The molecule has 0 saturated heterocycles. The van der Waals surface area contributed by atoms with Crippen LogP contribution in [0.4, 0.5) is 5.69 Å². The number of nitrogens with zero attached hydrogens (tertiary/aromatic N) is 2. The van der Waals surface area contributed by atoms with Crippen molar-refractivity contribution in [3.8, 4) is 17.2 Å². The van der Waals surface area contributed by atoms with E-state index in [4.69, 9.17) is 18.9 Å². The van der Waals surface area contributed by atoms with Crippen LogP contribution in [0.15, 0.2) is 66.7 Å². The van der Waals surface area contributed by atoms with Gasteiger partial charge in [-0.25, -0.2) is 0 Å². The van der Waals surface area contributed by atoms with Crippen LogP contribution in [0, 0.1) is 5.92 Å². The van der Waals surface area contributed by atoms with Gasteiger partial charge >= 0.3 is 0 Å². The third-order valence-electron chi connectivity index (χ3n) is 8.92. The van der Waals surface area contributed by atoms with Crippen molar-refractivity contribution in [2.45, 2.75) is 71.2 Å². The molecule has 0 bridgehead atoms. The predicted octanol–water partition coefficient (Wildman–Crippen LogP) is 5.52.